The molecule has 0 bridgehead atoms. The number of alkyl halides is 3. The summed E-state index contributed by atoms with van der Waals surface area (Å²) in [6, 6.07) is 12.0. The largest absolute Gasteiger partial charge is 0.418 e. The Morgan fingerprint density at radius 1 is 1.08 bits per heavy atom. The van der Waals surface area contributed by atoms with E-state index in [1.165, 1.54) is 41.8 Å². The van der Waals surface area contributed by atoms with Crippen molar-refractivity contribution < 1.29 is 18.0 Å². The molecule has 1 aromatic carbocycles. The van der Waals surface area contributed by atoms with E-state index in [4.69, 9.17) is 0 Å². The van der Waals surface area contributed by atoms with Crippen molar-refractivity contribution in [3.05, 3.63) is 70.5 Å². The molecule has 2 aromatic heterocycles. The van der Waals surface area contributed by atoms with Crippen molar-refractivity contribution in [3.8, 4) is 0 Å². The zero-order valence-corrected chi connectivity index (χ0v) is 14.2. The number of hydrogen-bond donors (Lipinski definition) is 2. The number of thiophene rings is 1. The number of nitrogens with one attached hydrogen (secondary N) is 2. The van der Waals surface area contributed by atoms with Crippen LogP contribution in [-0.4, -0.2) is 10.9 Å². The summed E-state index contributed by atoms with van der Waals surface area (Å²) >= 11 is 1.49. The lowest BCUT2D eigenvalue weighted by Crippen LogP contribution is -2.14. The van der Waals surface area contributed by atoms with E-state index >= 15 is 0 Å². The summed E-state index contributed by atoms with van der Waals surface area (Å²) < 4.78 is 39.0. The minimum Gasteiger partial charge on any atom is -0.354 e. The standard InChI is InChI=1S/C18H14F3N3OS/c19-18(20,21)14-5-1-2-6-15(14)23-12-7-8-16(22-11-12)24-17(25)10-13-4-3-9-26-13/h1-9,11,23H,10H2,(H,22,24,25). The number of nitrogens with zero attached hydrogens (tertiary/aromatic N) is 1. The van der Waals surface area contributed by atoms with Crippen LogP contribution in [-0.2, 0) is 17.4 Å². The van der Waals surface area contributed by atoms with Crippen LogP contribution in [0.15, 0.2) is 60.1 Å². The highest BCUT2D eigenvalue weighted by molar-refractivity contribution is 7.10. The molecule has 0 fully saturated rings. The predicted molar refractivity (Wildman–Crippen MR) is 95.6 cm³/mol. The first-order valence-electron chi connectivity index (χ1n) is 7.63. The first-order chi connectivity index (χ1) is 12.4. The van der Waals surface area contributed by atoms with Gasteiger partial charge in [0.2, 0.25) is 5.91 Å². The van der Waals surface area contributed by atoms with Crippen LogP contribution in [0.5, 0.6) is 0 Å². The van der Waals surface area contributed by atoms with Crippen molar-refractivity contribution >= 4 is 34.4 Å². The van der Waals surface area contributed by atoms with Gasteiger partial charge < -0.3 is 10.6 Å². The summed E-state index contributed by atoms with van der Waals surface area (Å²) in [5.41, 5.74) is -0.428. The number of carbonyl (C=O) groups is 1. The Kier molecular flexibility index (Phi) is 5.22. The number of hydrogen-bond acceptors (Lipinski definition) is 4. The number of halogens is 3. The van der Waals surface area contributed by atoms with E-state index in [0.29, 0.717) is 11.5 Å². The molecule has 0 saturated carbocycles. The Labute approximate surface area is 151 Å². The molecule has 8 heteroatoms. The summed E-state index contributed by atoms with van der Waals surface area (Å²) in [5, 5.41) is 7.25. The topological polar surface area (TPSA) is 54.0 Å². The molecular weight excluding hydrogens is 363 g/mol. The molecule has 0 unspecified atom stereocenters. The number of carbonyl (C=O) groups excluding carboxylic acids is 1. The second kappa shape index (κ2) is 7.57. The molecule has 26 heavy (non-hydrogen) atoms. The molecule has 1 amide bonds. The molecule has 134 valence electrons. The molecule has 2 N–H and O–H groups in total. The van der Waals surface area contributed by atoms with Crippen LogP contribution in [0.1, 0.15) is 10.4 Å². The SMILES string of the molecule is O=C(Cc1cccs1)Nc1ccc(Nc2ccccc2C(F)(F)F)cn1. The van der Waals surface area contributed by atoms with Gasteiger partial charge in [-0.05, 0) is 35.7 Å². The predicted octanol–water partition coefficient (Wildman–Crippen LogP) is 5.09. The fourth-order valence-electron chi connectivity index (χ4n) is 2.30. The lowest BCUT2D eigenvalue weighted by Gasteiger charge is -2.14. The smallest absolute Gasteiger partial charge is 0.354 e. The number of aromatic nitrogens is 1. The number of amides is 1. The average molecular weight is 377 g/mol. The van der Waals surface area contributed by atoms with Gasteiger partial charge in [0, 0.05) is 4.88 Å². The summed E-state index contributed by atoms with van der Waals surface area (Å²) in [6.07, 6.45) is -2.83. The molecule has 0 aliphatic rings. The van der Waals surface area contributed by atoms with E-state index in [1.54, 1.807) is 6.07 Å². The van der Waals surface area contributed by atoms with E-state index in [1.807, 2.05) is 17.5 Å². The van der Waals surface area contributed by atoms with Crippen molar-refractivity contribution in [2.24, 2.45) is 0 Å². The van der Waals surface area contributed by atoms with Gasteiger partial charge in [-0.15, -0.1) is 11.3 Å². The maximum Gasteiger partial charge on any atom is 0.418 e. The Morgan fingerprint density at radius 2 is 1.88 bits per heavy atom. The first kappa shape index (κ1) is 17.9. The Balaban J connectivity index is 1.66. The van der Waals surface area contributed by atoms with Gasteiger partial charge in [0.25, 0.3) is 0 Å². The lowest BCUT2D eigenvalue weighted by atomic mass is 10.1. The molecule has 0 aliphatic carbocycles. The van der Waals surface area contributed by atoms with Crippen molar-refractivity contribution in [2.75, 3.05) is 10.6 Å². The van der Waals surface area contributed by atoms with Gasteiger partial charge in [-0.1, -0.05) is 18.2 Å². The zero-order valence-electron chi connectivity index (χ0n) is 13.4. The van der Waals surface area contributed by atoms with Crippen LogP contribution in [0.3, 0.4) is 0 Å². The molecule has 2 heterocycles. The molecule has 4 nitrogen and oxygen atoms in total. The Bertz CT molecular complexity index is 877. The third-order valence-electron chi connectivity index (χ3n) is 3.46. The second-order valence-electron chi connectivity index (χ2n) is 5.40. The quantitative estimate of drug-likeness (QED) is 0.651. The number of para-hydroxylation sites is 1. The van der Waals surface area contributed by atoms with Crippen LogP contribution >= 0.6 is 11.3 Å². The van der Waals surface area contributed by atoms with Gasteiger partial charge in [-0.3, -0.25) is 4.79 Å². The summed E-state index contributed by atoms with van der Waals surface area (Å²) in [5.74, 6) is 0.129. The normalized spacial score (nSPS) is 11.2. The zero-order chi connectivity index (χ0) is 18.6. The number of anilines is 3. The summed E-state index contributed by atoms with van der Waals surface area (Å²) in [6.45, 7) is 0. The van der Waals surface area contributed by atoms with E-state index in [9.17, 15) is 18.0 Å². The molecule has 3 aromatic rings. The fraction of sp³-hybridized carbons (Fsp3) is 0.111. The average Bonchev–Trinajstić information content (AvgIpc) is 3.09. The molecule has 0 atom stereocenters. The van der Waals surface area contributed by atoms with Crippen molar-refractivity contribution in [3.63, 3.8) is 0 Å². The molecular formula is C18H14F3N3OS. The van der Waals surface area contributed by atoms with Gasteiger partial charge >= 0.3 is 6.18 Å². The Morgan fingerprint density at radius 3 is 2.54 bits per heavy atom. The number of pyridine rings is 1. The monoisotopic (exact) mass is 377 g/mol. The molecule has 0 aliphatic heterocycles. The molecule has 3 rings (SSSR count). The molecule has 0 radical (unpaired) electrons. The van der Waals surface area contributed by atoms with E-state index in [-0.39, 0.29) is 18.0 Å². The van der Waals surface area contributed by atoms with Crippen LogP contribution in [0.4, 0.5) is 30.4 Å². The third kappa shape index (κ3) is 4.60. The van der Waals surface area contributed by atoms with E-state index in [2.05, 4.69) is 15.6 Å². The van der Waals surface area contributed by atoms with Gasteiger partial charge in [-0.2, -0.15) is 13.2 Å². The van der Waals surface area contributed by atoms with Crippen molar-refractivity contribution in [1.82, 2.24) is 4.98 Å². The van der Waals surface area contributed by atoms with Gasteiger partial charge in [0.15, 0.2) is 0 Å². The highest BCUT2D eigenvalue weighted by atomic mass is 32.1. The van der Waals surface area contributed by atoms with E-state index in [0.717, 1.165) is 10.9 Å². The van der Waals surface area contributed by atoms with Gasteiger partial charge in [0.05, 0.1) is 29.6 Å². The Hall–Kier alpha value is -2.87. The minimum absolute atomic E-state index is 0.0590. The summed E-state index contributed by atoms with van der Waals surface area (Å²) in [7, 11) is 0. The number of rotatable bonds is 5. The van der Waals surface area contributed by atoms with Crippen LogP contribution in [0, 0.1) is 0 Å². The van der Waals surface area contributed by atoms with Crippen LogP contribution < -0.4 is 10.6 Å². The highest BCUT2D eigenvalue weighted by Gasteiger charge is 2.33. The van der Waals surface area contributed by atoms with Crippen LogP contribution in [0.25, 0.3) is 0 Å². The minimum atomic E-state index is -4.45. The maximum absolute atomic E-state index is 13.0. The molecule has 0 spiro atoms. The van der Waals surface area contributed by atoms with Gasteiger partial charge in [-0.25, -0.2) is 4.98 Å². The highest BCUT2D eigenvalue weighted by Crippen LogP contribution is 2.35. The second-order valence-corrected chi connectivity index (χ2v) is 6.44. The fourth-order valence-corrected chi connectivity index (χ4v) is 3.00. The summed E-state index contributed by atoms with van der Waals surface area (Å²) in [4.78, 5) is 16.9. The van der Waals surface area contributed by atoms with Gasteiger partial charge in [0.1, 0.15) is 5.82 Å². The first-order valence-corrected chi connectivity index (χ1v) is 8.51. The van der Waals surface area contributed by atoms with Crippen molar-refractivity contribution in [1.29, 1.82) is 0 Å². The van der Waals surface area contributed by atoms with E-state index < -0.39 is 11.7 Å². The van der Waals surface area contributed by atoms with Crippen LogP contribution in [0.2, 0.25) is 0 Å². The molecule has 0 saturated heterocycles. The number of benzene rings is 1. The third-order valence-corrected chi connectivity index (χ3v) is 4.33. The lowest BCUT2D eigenvalue weighted by molar-refractivity contribution is -0.136. The maximum atomic E-state index is 13.0. The van der Waals surface area contributed by atoms with Crippen molar-refractivity contribution in [2.45, 2.75) is 12.6 Å².